The van der Waals surface area contributed by atoms with Gasteiger partial charge in [0.05, 0.1) is 12.6 Å². The molecule has 1 fully saturated rings. The van der Waals surface area contributed by atoms with Crippen LogP contribution in [0.15, 0.2) is 35.1 Å². The van der Waals surface area contributed by atoms with Gasteiger partial charge in [-0.1, -0.05) is 12.2 Å². The summed E-state index contributed by atoms with van der Waals surface area (Å²) in [5.74, 6) is 1.13. The molecule has 2 aliphatic heterocycles. The van der Waals surface area contributed by atoms with Crippen molar-refractivity contribution in [3.05, 3.63) is 35.1 Å². The van der Waals surface area contributed by atoms with E-state index in [4.69, 9.17) is 10.5 Å². The SMILES string of the molecule is NC(=O)C1=CC2=C3OCCCC3CNC2C=C1. The van der Waals surface area contributed by atoms with Crippen LogP contribution in [0.1, 0.15) is 12.8 Å². The highest BCUT2D eigenvalue weighted by molar-refractivity contribution is 5.96. The van der Waals surface area contributed by atoms with Crippen LogP contribution in [0.4, 0.5) is 0 Å². The first kappa shape index (κ1) is 10.6. The molecular weight excluding hydrogens is 216 g/mol. The smallest absolute Gasteiger partial charge is 0.248 e. The van der Waals surface area contributed by atoms with Crippen LogP contribution in [0.5, 0.6) is 0 Å². The Morgan fingerprint density at radius 3 is 3.24 bits per heavy atom. The highest BCUT2D eigenvalue weighted by Crippen LogP contribution is 2.34. The second kappa shape index (κ2) is 4.04. The van der Waals surface area contributed by atoms with Crippen molar-refractivity contribution in [2.75, 3.05) is 13.2 Å². The molecule has 3 rings (SSSR count). The lowest BCUT2D eigenvalue weighted by molar-refractivity contribution is -0.114. The molecule has 0 aromatic heterocycles. The van der Waals surface area contributed by atoms with E-state index < -0.39 is 0 Å². The van der Waals surface area contributed by atoms with Crippen molar-refractivity contribution >= 4 is 5.91 Å². The molecule has 2 heterocycles. The third-order valence-electron chi connectivity index (χ3n) is 3.59. The van der Waals surface area contributed by atoms with Gasteiger partial charge in [0.25, 0.3) is 0 Å². The normalized spacial score (nSPS) is 31.2. The monoisotopic (exact) mass is 232 g/mol. The van der Waals surface area contributed by atoms with Gasteiger partial charge in [-0.15, -0.1) is 0 Å². The maximum Gasteiger partial charge on any atom is 0.248 e. The highest BCUT2D eigenvalue weighted by atomic mass is 16.5. The van der Waals surface area contributed by atoms with Crippen molar-refractivity contribution in [3.8, 4) is 0 Å². The Morgan fingerprint density at radius 1 is 1.53 bits per heavy atom. The summed E-state index contributed by atoms with van der Waals surface area (Å²) < 4.78 is 5.79. The second-order valence-corrected chi connectivity index (χ2v) is 4.72. The van der Waals surface area contributed by atoms with E-state index in [1.807, 2.05) is 12.2 Å². The van der Waals surface area contributed by atoms with Crippen LogP contribution < -0.4 is 11.1 Å². The van der Waals surface area contributed by atoms with Crippen molar-refractivity contribution in [3.63, 3.8) is 0 Å². The first-order valence-electron chi connectivity index (χ1n) is 6.05. The largest absolute Gasteiger partial charge is 0.497 e. The van der Waals surface area contributed by atoms with E-state index >= 15 is 0 Å². The van der Waals surface area contributed by atoms with Gasteiger partial charge in [-0.05, 0) is 18.9 Å². The molecule has 2 unspecified atom stereocenters. The van der Waals surface area contributed by atoms with Gasteiger partial charge >= 0.3 is 0 Å². The molecule has 0 aromatic carbocycles. The molecule has 4 nitrogen and oxygen atoms in total. The molecule has 0 spiro atoms. The molecule has 90 valence electrons. The number of nitrogens with one attached hydrogen (secondary N) is 1. The summed E-state index contributed by atoms with van der Waals surface area (Å²) in [5.41, 5.74) is 6.95. The van der Waals surface area contributed by atoms with Crippen molar-refractivity contribution in [2.45, 2.75) is 18.9 Å². The molecule has 17 heavy (non-hydrogen) atoms. The zero-order valence-corrected chi connectivity index (χ0v) is 9.61. The fourth-order valence-electron chi connectivity index (χ4n) is 2.71. The average molecular weight is 232 g/mol. The number of amides is 1. The number of carbonyl (C=O) groups excluding carboxylic acids is 1. The van der Waals surface area contributed by atoms with Crippen molar-refractivity contribution in [1.82, 2.24) is 5.32 Å². The first-order chi connectivity index (χ1) is 8.25. The fourth-order valence-corrected chi connectivity index (χ4v) is 2.71. The molecule has 0 aromatic rings. The summed E-state index contributed by atoms with van der Waals surface area (Å²) >= 11 is 0. The number of primary amides is 1. The zero-order valence-electron chi connectivity index (χ0n) is 9.61. The van der Waals surface area contributed by atoms with Crippen LogP contribution in [0.25, 0.3) is 0 Å². The first-order valence-corrected chi connectivity index (χ1v) is 6.05. The second-order valence-electron chi connectivity index (χ2n) is 4.72. The molecule has 1 amide bonds. The van der Waals surface area contributed by atoms with Gasteiger partial charge < -0.3 is 15.8 Å². The van der Waals surface area contributed by atoms with E-state index in [-0.39, 0.29) is 11.9 Å². The fraction of sp³-hybridized carbons (Fsp3) is 0.462. The standard InChI is InChI=1S/C13H16N2O2/c14-13(16)8-3-4-11-10(6-8)12-9(7-15-11)2-1-5-17-12/h3-4,6,9,11,15H,1-2,5,7H2,(H2,14,16). The summed E-state index contributed by atoms with van der Waals surface area (Å²) in [5, 5.41) is 3.46. The molecule has 1 saturated heterocycles. The minimum atomic E-state index is -0.384. The summed E-state index contributed by atoms with van der Waals surface area (Å²) in [7, 11) is 0. The van der Waals surface area contributed by atoms with Crippen LogP contribution >= 0.6 is 0 Å². The van der Waals surface area contributed by atoms with Crippen LogP contribution in [0.3, 0.4) is 0 Å². The van der Waals surface area contributed by atoms with E-state index in [9.17, 15) is 4.79 Å². The number of ether oxygens (including phenoxy) is 1. The number of nitrogens with two attached hydrogens (primary N) is 1. The van der Waals surface area contributed by atoms with Gasteiger partial charge in [-0.2, -0.15) is 0 Å². The number of hydrogen-bond acceptors (Lipinski definition) is 3. The highest BCUT2D eigenvalue weighted by Gasteiger charge is 2.32. The molecule has 2 atom stereocenters. The zero-order chi connectivity index (χ0) is 11.8. The predicted octanol–water partition coefficient (Wildman–Crippen LogP) is 0.620. The van der Waals surface area contributed by atoms with Gasteiger partial charge in [0.15, 0.2) is 0 Å². The van der Waals surface area contributed by atoms with Crippen molar-refractivity contribution in [2.24, 2.45) is 11.7 Å². The summed E-state index contributed by atoms with van der Waals surface area (Å²) in [6, 6.07) is 0.169. The van der Waals surface area contributed by atoms with Crippen molar-refractivity contribution < 1.29 is 9.53 Å². The molecule has 0 bridgehead atoms. The van der Waals surface area contributed by atoms with Gasteiger partial charge in [0.1, 0.15) is 5.76 Å². The Balaban J connectivity index is 2.01. The molecule has 3 N–H and O–H groups in total. The molecular formula is C13H16N2O2. The number of rotatable bonds is 1. The van der Waals surface area contributed by atoms with Crippen LogP contribution in [-0.2, 0) is 9.53 Å². The Hall–Kier alpha value is -1.55. The van der Waals surface area contributed by atoms with E-state index in [1.54, 1.807) is 6.08 Å². The predicted molar refractivity (Wildman–Crippen MR) is 63.9 cm³/mol. The molecule has 0 radical (unpaired) electrons. The molecule has 3 aliphatic rings. The molecule has 1 aliphatic carbocycles. The third kappa shape index (κ3) is 1.78. The Bertz CT molecular complexity index is 448. The van der Waals surface area contributed by atoms with Crippen LogP contribution in [0.2, 0.25) is 0 Å². The van der Waals surface area contributed by atoms with Gasteiger partial charge in [0.2, 0.25) is 5.91 Å². The third-order valence-corrected chi connectivity index (χ3v) is 3.59. The number of hydrogen-bond donors (Lipinski definition) is 2. The summed E-state index contributed by atoms with van der Waals surface area (Å²) in [6.07, 6.45) is 7.90. The number of carbonyl (C=O) groups is 1. The van der Waals surface area contributed by atoms with Crippen molar-refractivity contribution in [1.29, 1.82) is 0 Å². The summed E-state index contributed by atoms with van der Waals surface area (Å²) in [4.78, 5) is 11.2. The summed E-state index contributed by atoms with van der Waals surface area (Å²) in [6.45, 7) is 1.74. The van der Waals surface area contributed by atoms with E-state index in [0.29, 0.717) is 11.5 Å². The maximum absolute atomic E-state index is 11.2. The minimum Gasteiger partial charge on any atom is -0.497 e. The van der Waals surface area contributed by atoms with Gasteiger partial charge in [0, 0.05) is 23.6 Å². The molecule has 4 heteroatoms. The topological polar surface area (TPSA) is 64.4 Å². The van der Waals surface area contributed by atoms with E-state index in [1.165, 1.54) is 0 Å². The number of fused-ring (bicyclic) bond motifs is 2. The lowest BCUT2D eigenvalue weighted by atomic mass is 9.85. The average Bonchev–Trinajstić information content (AvgIpc) is 2.38. The molecule has 0 saturated carbocycles. The van der Waals surface area contributed by atoms with Crippen LogP contribution in [-0.4, -0.2) is 25.1 Å². The maximum atomic E-state index is 11.2. The van der Waals surface area contributed by atoms with E-state index in [2.05, 4.69) is 5.32 Å². The van der Waals surface area contributed by atoms with Gasteiger partial charge in [-0.25, -0.2) is 0 Å². The lowest BCUT2D eigenvalue weighted by Gasteiger charge is -2.36. The van der Waals surface area contributed by atoms with Crippen LogP contribution in [0, 0.1) is 5.92 Å². The Labute approximate surface area is 100 Å². The lowest BCUT2D eigenvalue weighted by Crippen LogP contribution is -2.42. The minimum absolute atomic E-state index is 0.169. The quantitative estimate of drug-likeness (QED) is 0.696. The Kier molecular flexibility index (Phi) is 2.52. The van der Waals surface area contributed by atoms with E-state index in [0.717, 1.165) is 37.3 Å². The Morgan fingerprint density at radius 2 is 2.41 bits per heavy atom. The van der Waals surface area contributed by atoms with Gasteiger partial charge in [-0.3, -0.25) is 4.79 Å².